The Morgan fingerprint density at radius 1 is 1.35 bits per heavy atom. The number of carbonyl (C=O) groups excluding carboxylic acids is 1. The van der Waals surface area contributed by atoms with E-state index < -0.39 is 0 Å². The van der Waals surface area contributed by atoms with E-state index in [1.54, 1.807) is 14.2 Å². The Morgan fingerprint density at radius 3 is 2.59 bits per heavy atom. The number of carbonyl (C=O) groups is 1. The molecule has 17 heavy (non-hydrogen) atoms. The van der Waals surface area contributed by atoms with Crippen LogP contribution in [0.5, 0.6) is 11.5 Å². The lowest BCUT2D eigenvalue weighted by molar-refractivity contribution is -0.121. The zero-order chi connectivity index (χ0) is 12.8. The number of hydrogen-bond donors (Lipinski definition) is 2. The number of aryl methyl sites for hydroxylation is 1. The number of hydrogen-bond acceptors (Lipinski definition) is 4. The molecule has 0 bridgehead atoms. The van der Waals surface area contributed by atoms with E-state index in [4.69, 9.17) is 15.3 Å². The molecule has 0 aliphatic carbocycles. The summed E-state index contributed by atoms with van der Waals surface area (Å²) < 4.78 is 10.5. The van der Waals surface area contributed by atoms with Crippen LogP contribution in [0.4, 0.5) is 0 Å². The second kappa shape index (κ2) is 6.10. The molecule has 0 aliphatic heterocycles. The van der Waals surface area contributed by atoms with Gasteiger partial charge in [-0.2, -0.15) is 0 Å². The quantitative estimate of drug-likeness (QED) is 0.455. The molecule has 1 aromatic rings. The Hall–Kier alpha value is -1.75. The van der Waals surface area contributed by atoms with Crippen LogP contribution in [0.3, 0.4) is 0 Å². The number of amides is 1. The Labute approximate surface area is 101 Å². The van der Waals surface area contributed by atoms with E-state index in [-0.39, 0.29) is 5.91 Å². The van der Waals surface area contributed by atoms with Gasteiger partial charge in [0.15, 0.2) is 0 Å². The third kappa shape index (κ3) is 3.35. The first-order chi connectivity index (χ1) is 8.12. The van der Waals surface area contributed by atoms with Gasteiger partial charge in [0.05, 0.1) is 14.2 Å². The van der Waals surface area contributed by atoms with Crippen LogP contribution in [-0.4, -0.2) is 20.1 Å². The minimum atomic E-state index is -0.192. The summed E-state index contributed by atoms with van der Waals surface area (Å²) in [6, 6.07) is 3.72. The first-order valence-electron chi connectivity index (χ1n) is 5.33. The van der Waals surface area contributed by atoms with Crippen LogP contribution in [0.1, 0.15) is 17.5 Å². The number of benzene rings is 1. The van der Waals surface area contributed by atoms with E-state index in [2.05, 4.69) is 5.43 Å². The molecule has 1 rings (SSSR count). The maximum absolute atomic E-state index is 11.1. The molecular weight excluding hydrogens is 220 g/mol. The Bertz CT molecular complexity index is 405. The fraction of sp³-hybridized carbons (Fsp3) is 0.417. The van der Waals surface area contributed by atoms with Crippen LogP contribution in [0, 0.1) is 6.92 Å². The monoisotopic (exact) mass is 238 g/mol. The van der Waals surface area contributed by atoms with Crippen molar-refractivity contribution in [1.82, 2.24) is 5.43 Å². The standard InChI is InChI=1S/C12H18N2O3/c1-8-6-9(16-2)7-11(17-3)10(8)4-5-12(15)14-13/h6-7H,4-5,13H2,1-3H3,(H,14,15). The second-order valence-corrected chi connectivity index (χ2v) is 3.69. The molecule has 0 radical (unpaired) electrons. The van der Waals surface area contributed by atoms with E-state index >= 15 is 0 Å². The Kier molecular flexibility index (Phi) is 4.78. The SMILES string of the molecule is COc1cc(C)c(CCC(=O)NN)c(OC)c1. The average Bonchev–Trinajstić information content (AvgIpc) is 2.35. The highest BCUT2D eigenvalue weighted by atomic mass is 16.5. The molecule has 1 aromatic carbocycles. The molecule has 1 amide bonds. The zero-order valence-corrected chi connectivity index (χ0v) is 10.4. The van der Waals surface area contributed by atoms with Gasteiger partial charge in [0.2, 0.25) is 5.91 Å². The second-order valence-electron chi connectivity index (χ2n) is 3.69. The smallest absolute Gasteiger partial charge is 0.234 e. The van der Waals surface area contributed by atoms with Crippen LogP contribution in [0.25, 0.3) is 0 Å². The number of nitrogens with two attached hydrogens (primary N) is 1. The van der Waals surface area contributed by atoms with Crippen molar-refractivity contribution < 1.29 is 14.3 Å². The van der Waals surface area contributed by atoms with Gasteiger partial charge < -0.3 is 9.47 Å². The van der Waals surface area contributed by atoms with Gasteiger partial charge in [-0.1, -0.05) is 0 Å². The highest BCUT2D eigenvalue weighted by Gasteiger charge is 2.11. The van der Waals surface area contributed by atoms with Gasteiger partial charge in [0.25, 0.3) is 0 Å². The van der Waals surface area contributed by atoms with Crippen molar-refractivity contribution in [2.75, 3.05) is 14.2 Å². The fourth-order valence-corrected chi connectivity index (χ4v) is 1.68. The molecule has 5 nitrogen and oxygen atoms in total. The third-order valence-electron chi connectivity index (χ3n) is 2.62. The Morgan fingerprint density at radius 2 is 2.06 bits per heavy atom. The van der Waals surface area contributed by atoms with Gasteiger partial charge in [0.1, 0.15) is 11.5 Å². The topological polar surface area (TPSA) is 73.6 Å². The van der Waals surface area contributed by atoms with E-state index in [0.717, 1.165) is 22.6 Å². The van der Waals surface area contributed by atoms with Gasteiger partial charge in [-0.25, -0.2) is 5.84 Å². The summed E-state index contributed by atoms with van der Waals surface area (Å²) in [4.78, 5) is 11.1. The van der Waals surface area contributed by atoms with Crippen LogP contribution in [-0.2, 0) is 11.2 Å². The molecule has 0 atom stereocenters. The largest absolute Gasteiger partial charge is 0.497 e. The predicted octanol–water partition coefficient (Wildman–Crippen LogP) is 0.935. The molecule has 5 heteroatoms. The summed E-state index contributed by atoms with van der Waals surface area (Å²) in [7, 11) is 3.20. The van der Waals surface area contributed by atoms with Crippen molar-refractivity contribution in [1.29, 1.82) is 0 Å². The first kappa shape index (κ1) is 13.3. The first-order valence-corrected chi connectivity index (χ1v) is 5.33. The Balaban J connectivity index is 2.93. The lowest BCUT2D eigenvalue weighted by Gasteiger charge is -2.13. The summed E-state index contributed by atoms with van der Waals surface area (Å²) >= 11 is 0. The summed E-state index contributed by atoms with van der Waals surface area (Å²) in [6.45, 7) is 1.96. The highest BCUT2D eigenvalue weighted by Crippen LogP contribution is 2.29. The summed E-state index contributed by atoms with van der Waals surface area (Å²) in [5.74, 6) is 6.32. The van der Waals surface area contributed by atoms with Gasteiger partial charge >= 0.3 is 0 Å². The molecule has 0 spiro atoms. The normalized spacial score (nSPS) is 9.88. The number of nitrogens with one attached hydrogen (secondary N) is 1. The van der Waals surface area contributed by atoms with Crippen molar-refractivity contribution in [3.8, 4) is 11.5 Å². The molecular formula is C12H18N2O3. The molecule has 3 N–H and O–H groups in total. The van der Waals surface area contributed by atoms with Crippen LogP contribution < -0.4 is 20.7 Å². The van der Waals surface area contributed by atoms with Crippen LogP contribution in [0.15, 0.2) is 12.1 Å². The molecule has 0 fully saturated rings. The molecule has 0 aromatic heterocycles. The number of hydrazine groups is 1. The van der Waals surface area contributed by atoms with Crippen molar-refractivity contribution >= 4 is 5.91 Å². The lowest BCUT2D eigenvalue weighted by Crippen LogP contribution is -2.30. The van der Waals surface area contributed by atoms with Crippen molar-refractivity contribution in [2.24, 2.45) is 5.84 Å². The van der Waals surface area contributed by atoms with Gasteiger partial charge in [-0.3, -0.25) is 10.2 Å². The molecule has 0 saturated carbocycles. The molecule has 0 saturated heterocycles. The van der Waals surface area contributed by atoms with Gasteiger partial charge in [0, 0.05) is 12.5 Å². The number of rotatable bonds is 5. The molecule has 0 heterocycles. The van der Waals surface area contributed by atoms with Crippen LogP contribution in [0.2, 0.25) is 0 Å². The minimum Gasteiger partial charge on any atom is -0.497 e. The lowest BCUT2D eigenvalue weighted by atomic mass is 10.0. The summed E-state index contributed by atoms with van der Waals surface area (Å²) in [6.07, 6.45) is 0.919. The zero-order valence-electron chi connectivity index (χ0n) is 10.4. The highest BCUT2D eigenvalue weighted by molar-refractivity contribution is 5.75. The maximum Gasteiger partial charge on any atom is 0.234 e. The maximum atomic E-state index is 11.1. The fourth-order valence-electron chi connectivity index (χ4n) is 1.68. The molecule has 0 aliphatic rings. The number of methoxy groups -OCH3 is 2. The molecule has 0 unspecified atom stereocenters. The van der Waals surface area contributed by atoms with Gasteiger partial charge in [-0.15, -0.1) is 0 Å². The van der Waals surface area contributed by atoms with E-state index in [0.29, 0.717) is 12.8 Å². The number of ether oxygens (including phenoxy) is 2. The summed E-state index contributed by atoms with van der Waals surface area (Å²) in [5, 5.41) is 0. The van der Waals surface area contributed by atoms with Crippen molar-refractivity contribution in [3.05, 3.63) is 23.3 Å². The van der Waals surface area contributed by atoms with E-state index in [9.17, 15) is 4.79 Å². The van der Waals surface area contributed by atoms with E-state index in [1.165, 1.54) is 0 Å². The molecule has 94 valence electrons. The van der Waals surface area contributed by atoms with Crippen LogP contribution >= 0.6 is 0 Å². The van der Waals surface area contributed by atoms with Crippen molar-refractivity contribution in [2.45, 2.75) is 19.8 Å². The van der Waals surface area contributed by atoms with Gasteiger partial charge in [-0.05, 0) is 30.5 Å². The summed E-state index contributed by atoms with van der Waals surface area (Å²) in [5.41, 5.74) is 4.14. The minimum absolute atomic E-state index is 0.192. The van der Waals surface area contributed by atoms with Crippen molar-refractivity contribution in [3.63, 3.8) is 0 Å². The third-order valence-corrected chi connectivity index (χ3v) is 2.62. The van der Waals surface area contributed by atoms with E-state index in [1.807, 2.05) is 19.1 Å². The predicted molar refractivity (Wildman–Crippen MR) is 64.9 cm³/mol. The average molecular weight is 238 g/mol.